The summed E-state index contributed by atoms with van der Waals surface area (Å²) >= 11 is 0. The zero-order valence-corrected chi connectivity index (χ0v) is 5.22. The van der Waals surface area contributed by atoms with E-state index in [1.165, 1.54) is 12.8 Å². The number of rotatable bonds is 2. The third kappa shape index (κ3) is 1.01. The van der Waals surface area contributed by atoms with Gasteiger partial charge in [-0.25, -0.2) is 6.57 Å². The van der Waals surface area contributed by atoms with Gasteiger partial charge in [0, 0.05) is 5.92 Å². The van der Waals surface area contributed by atoms with Crippen molar-refractivity contribution in [3.63, 3.8) is 0 Å². The molecule has 2 atom stereocenters. The van der Waals surface area contributed by atoms with Crippen molar-refractivity contribution in [3.8, 4) is 0 Å². The van der Waals surface area contributed by atoms with Crippen molar-refractivity contribution in [2.75, 3.05) is 6.54 Å². The van der Waals surface area contributed by atoms with Gasteiger partial charge in [-0.15, -0.1) is 0 Å². The molecule has 0 saturated heterocycles. The van der Waals surface area contributed by atoms with Gasteiger partial charge in [0.05, 0.1) is 0 Å². The second-order valence-electron chi connectivity index (χ2n) is 2.50. The molecular formula is C7H11N. The molecule has 0 amide bonds. The summed E-state index contributed by atoms with van der Waals surface area (Å²) in [6.07, 6.45) is 2.60. The molecule has 44 valence electrons. The first-order chi connectivity index (χ1) is 3.88. The summed E-state index contributed by atoms with van der Waals surface area (Å²) in [5.74, 6) is 1.68. The topological polar surface area (TPSA) is 4.36 Å². The fraction of sp³-hybridized carbons (Fsp3) is 0.857. The molecule has 1 rings (SSSR count). The van der Waals surface area contributed by atoms with Gasteiger partial charge in [-0.2, -0.15) is 0 Å². The Morgan fingerprint density at radius 2 is 2.38 bits per heavy atom. The minimum atomic E-state index is 0.775. The van der Waals surface area contributed by atoms with Crippen LogP contribution in [0.25, 0.3) is 4.85 Å². The molecule has 0 bridgehead atoms. The Kier molecular flexibility index (Phi) is 1.53. The molecule has 0 aliphatic heterocycles. The minimum absolute atomic E-state index is 0.775. The van der Waals surface area contributed by atoms with Gasteiger partial charge >= 0.3 is 0 Å². The summed E-state index contributed by atoms with van der Waals surface area (Å²) in [5.41, 5.74) is 0. The van der Waals surface area contributed by atoms with Crippen molar-refractivity contribution in [2.45, 2.75) is 19.8 Å². The minimum Gasteiger partial charge on any atom is -0.317 e. The standard InChI is InChI=1S/C7H11N/c1-3-6-4-7(6)5-8-2/h6-7H,3-5H2,1H3. The normalized spacial score (nSPS) is 34.0. The lowest BCUT2D eigenvalue weighted by atomic mass is 10.2. The molecule has 1 fully saturated rings. The molecule has 8 heavy (non-hydrogen) atoms. The van der Waals surface area contributed by atoms with Gasteiger partial charge in [0.2, 0.25) is 6.54 Å². The van der Waals surface area contributed by atoms with E-state index in [0.717, 1.165) is 18.4 Å². The Balaban J connectivity index is 2.10. The summed E-state index contributed by atoms with van der Waals surface area (Å²) in [5, 5.41) is 0. The van der Waals surface area contributed by atoms with Gasteiger partial charge in [-0.1, -0.05) is 13.3 Å². The van der Waals surface area contributed by atoms with Crippen molar-refractivity contribution in [1.29, 1.82) is 0 Å². The molecule has 0 aromatic carbocycles. The summed E-state index contributed by atoms with van der Waals surface area (Å²) in [6.45, 7) is 9.54. The first kappa shape index (κ1) is 5.62. The quantitative estimate of drug-likeness (QED) is 0.477. The number of hydrogen-bond acceptors (Lipinski definition) is 0. The molecule has 1 nitrogen and oxygen atoms in total. The van der Waals surface area contributed by atoms with E-state index in [4.69, 9.17) is 6.57 Å². The van der Waals surface area contributed by atoms with Crippen LogP contribution in [-0.4, -0.2) is 6.54 Å². The largest absolute Gasteiger partial charge is 0.317 e. The maximum Gasteiger partial charge on any atom is 0.217 e. The van der Waals surface area contributed by atoms with Crippen LogP contribution in [0.3, 0.4) is 0 Å². The maximum atomic E-state index is 6.56. The van der Waals surface area contributed by atoms with Gasteiger partial charge in [0.1, 0.15) is 0 Å². The maximum absolute atomic E-state index is 6.56. The van der Waals surface area contributed by atoms with Crippen LogP contribution in [0.4, 0.5) is 0 Å². The van der Waals surface area contributed by atoms with Crippen LogP contribution >= 0.6 is 0 Å². The SMILES string of the molecule is [C-]#[N+]CC1CC1CC. The third-order valence-corrected chi connectivity index (χ3v) is 1.92. The average molecular weight is 109 g/mol. The molecule has 1 heteroatoms. The van der Waals surface area contributed by atoms with E-state index in [0.29, 0.717) is 0 Å². The van der Waals surface area contributed by atoms with Gasteiger partial charge in [0.15, 0.2) is 0 Å². The lowest BCUT2D eigenvalue weighted by Gasteiger charge is -1.82. The Hall–Kier alpha value is -0.510. The summed E-state index contributed by atoms with van der Waals surface area (Å²) in [4.78, 5) is 3.35. The highest BCUT2D eigenvalue weighted by atomic mass is 14.7. The molecule has 0 radical (unpaired) electrons. The van der Waals surface area contributed by atoms with Crippen LogP contribution in [0.15, 0.2) is 0 Å². The fourth-order valence-electron chi connectivity index (χ4n) is 1.15. The molecule has 1 saturated carbocycles. The lowest BCUT2D eigenvalue weighted by molar-refractivity contribution is 0.713. The zero-order chi connectivity index (χ0) is 5.98. The van der Waals surface area contributed by atoms with Gasteiger partial charge < -0.3 is 4.85 Å². The molecule has 2 unspecified atom stereocenters. The molecule has 0 spiro atoms. The highest BCUT2D eigenvalue weighted by Crippen LogP contribution is 2.40. The van der Waals surface area contributed by atoms with Crippen LogP contribution in [0.2, 0.25) is 0 Å². The van der Waals surface area contributed by atoms with Crippen LogP contribution in [0.5, 0.6) is 0 Å². The predicted molar refractivity (Wildman–Crippen MR) is 33.4 cm³/mol. The monoisotopic (exact) mass is 109 g/mol. The van der Waals surface area contributed by atoms with Crippen LogP contribution < -0.4 is 0 Å². The molecule has 0 aromatic rings. The van der Waals surface area contributed by atoms with Crippen LogP contribution in [0.1, 0.15) is 19.8 Å². The second kappa shape index (κ2) is 2.17. The molecule has 0 heterocycles. The zero-order valence-electron chi connectivity index (χ0n) is 5.22. The smallest absolute Gasteiger partial charge is 0.217 e. The van der Waals surface area contributed by atoms with Crippen molar-refractivity contribution in [3.05, 3.63) is 11.4 Å². The van der Waals surface area contributed by atoms with E-state index in [1.54, 1.807) is 0 Å². The van der Waals surface area contributed by atoms with Gasteiger partial charge in [-0.05, 0) is 12.3 Å². The van der Waals surface area contributed by atoms with E-state index in [1.807, 2.05) is 0 Å². The highest BCUT2D eigenvalue weighted by molar-refractivity contribution is 4.89. The van der Waals surface area contributed by atoms with E-state index >= 15 is 0 Å². The van der Waals surface area contributed by atoms with Crippen molar-refractivity contribution in [1.82, 2.24) is 0 Å². The van der Waals surface area contributed by atoms with E-state index in [-0.39, 0.29) is 0 Å². The fourth-order valence-corrected chi connectivity index (χ4v) is 1.15. The van der Waals surface area contributed by atoms with Crippen LogP contribution in [-0.2, 0) is 0 Å². The Bertz CT molecular complexity index is 112. The van der Waals surface area contributed by atoms with Crippen LogP contribution in [0, 0.1) is 18.4 Å². The highest BCUT2D eigenvalue weighted by Gasteiger charge is 2.37. The summed E-state index contributed by atoms with van der Waals surface area (Å²) < 4.78 is 0. The average Bonchev–Trinajstić information content (AvgIpc) is 2.48. The van der Waals surface area contributed by atoms with E-state index < -0.39 is 0 Å². The van der Waals surface area contributed by atoms with E-state index in [2.05, 4.69) is 11.8 Å². The first-order valence-corrected chi connectivity index (χ1v) is 3.21. The van der Waals surface area contributed by atoms with Crippen molar-refractivity contribution in [2.24, 2.45) is 11.8 Å². The van der Waals surface area contributed by atoms with Gasteiger partial charge in [0.25, 0.3) is 0 Å². The molecular weight excluding hydrogens is 98.1 g/mol. The third-order valence-electron chi connectivity index (χ3n) is 1.92. The Labute approximate surface area is 50.5 Å². The van der Waals surface area contributed by atoms with Crippen molar-refractivity contribution < 1.29 is 0 Å². The van der Waals surface area contributed by atoms with E-state index in [9.17, 15) is 0 Å². The summed E-state index contributed by atoms with van der Waals surface area (Å²) in [7, 11) is 0. The molecule has 1 aliphatic rings. The Morgan fingerprint density at radius 3 is 2.75 bits per heavy atom. The number of nitrogens with zero attached hydrogens (tertiary/aromatic N) is 1. The summed E-state index contributed by atoms with van der Waals surface area (Å²) in [6, 6.07) is 0. The molecule has 1 aliphatic carbocycles. The molecule has 0 N–H and O–H groups in total. The first-order valence-electron chi connectivity index (χ1n) is 3.21. The molecule has 0 aromatic heterocycles. The van der Waals surface area contributed by atoms with Gasteiger partial charge in [-0.3, -0.25) is 0 Å². The lowest BCUT2D eigenvalue weighted by Crippen LogP contribution is -1.81. The number of hydrogen-bond donors (Lipinski definition) is 0. The van der Waals surface area contributed by atoms with Crippen molar-refractivity contribution >= 4 is 0 Å². The predicted octanol–water partition coefficient (Wildman–Crippen LogP) is 1.95. The Morgan fingerprint density at radius 1 is 1.62 bits per heavy atom. The second-order valence-corrected chi connectivity index (χ2v) is 2.50.